The van der Waals surface area contributed by atoms with Crippen LogP contribution >= 0.6 is 11.8 Å². The van der Waals surface area contributed by atoms with Crippen LogP contribution in [0.1, 0.15) is 18.6 Å². The van der Waals surface area contributed by atoms with Gasteiger partial charge < -0.3 is 5.11 Å². The Bertz CT molecular complexity index is 585. The van der Waals surface area contributed by atoms with Crippen molar-refractivity contribution in [2.24, 2.45) is 0 Å². The van der Waals surface area contributed by atoms with Crippen LogP contribution in [0.5, 0.6) is 0 Å². The number of non-ortho nitro benzene ring substituents is 1. The molecule has 0 amide bonds. The SMILES string of the molecule is CC(O)c1ccnc(Sc2ccc([N+](=O)[O-])cc2)c1. The highest BCUT2D eigenvalue weighted by Gasteiger charge is 2.07. The molecule has 2 rings (SSSR count). The Hall–Kier alpha value is -1.92. The Morgan fingerprint density at radius 3 is 2.58 bits per heavy atom. The van der Waals surface area contributed by atoms with E-state index in [0.29, 0.717) is 0 Å². The summed E-state index contributed by atoms with van der Waals surface area (Å²) in [6, 6.07) is 9.84. The van der Waals surface area contributed by atoms with Crippen molar-refractivity contribution in [1.29, 1.82) is 0 Å². The van der Waals surface area contributed by atoms with Gasteiger partial charge in [-0.25, -0.2) is 4.98 Å². The predicted octanol–water partition coefficient (Wildman–Crippen LogP) is 3.19. The van der Waals surface area contributed by atoms with E-state index in [1.165, 1.54) is 23.9 Å². The van der Waals surface area contributed by atoms with E-state index in [1.807, 2.05) is 0 Å². The van der Waals surface area contributed by atoms with Crippen molar-refractivity contribution in [3.8, 4) is 0 Å². The Labute approximate surface area is 114 Å². The van der Waals surface area contributed by atoms with Crippen molar-refractivity contribution in [3.63, 3.8) is 0 Å². The lowest BCUT2D eigenvalue weighted by Gasteiger charge is -2.06. The fourth-order valence-corrected chi connectivity index (χ4v) is 2.32. The number of nitrogens with zero attached hydrogens (tertiary/aromatic N) is 2. The number of aromatic nitrogens is 1. The number of aliphatic hydroxyl groups is 1. The summed E-state index contributed by atoms with van der Waals surface area (Å²) in [5, 5.41) is 20.8. The molecule has 0 aliphatic carbocycles. The van der Waals surface area contributed by atoms with E-state index >= 15 is 0 Å². The maximum absolute atomic E-state index is 10.5. The highest BCUT2D eigenvalue weighted by molar-refractivity contribution is 7.99. The van der Waals surface area contributed by atoms with Crippen LogP contribution in [0.2, 0.25) is 0 Å². The Balaban J connectivity index is 2.16. The number of pyridine rings is 1. The second kappa shape index (κ2) is 5.81. The molecule has 1 unspecified atom stereocenters. The van der Waals surface area contributed by atoms with Crippen molar-refractivity contribution in [2.75, 3.05) is 0 Å². The molecule has 98 valence electrons. The summed E-state index contributed by atoms with van der Waals surface area (Å²) in [7, 11) is 0. The zero-order valence-electron chi connectivity index (χ0n) is 10.2. The van der Waals surface area contributed by atoms with Crippen LogP contribution in [0, 0.1) is 10.1 Å². The van der Waals surface area contributed by atoms with E-state index in [-0.39, 0.29) is 5.69 Å². The van der Waals surface area contributed by atoms with Crippen LogP contribution in [0.15, 0.2) is 52.5 Å². The first-order chi connectivity index (χ1) is 9.06. The number of nitro groups is 1. The molecule has 0 saturated heterocycles. The van der Waals surface area contributed by atoms with E-state index in [0.717, 1.165) is 15.5 Å². The highest BCUT2D eigenvalue weighted by atomic mass is 32.2. The molecule has 2 aromatic rings. The Morgan fingerprint density at radius 1 is 1.32 bits per heavy atom. The van der Waals surface area contributed by atoms with E-state index in [9.17, 15) is 15.2 Å². The summed E-state index contributed by atoms with van der Waals surface area (Å²) in [5.74, 6) is 0. The Kier molecular flexibility index (Phi) is 4.13. The molecule has 1 atom stereocenters. The molecule has 6 heteroatoms. The molecule has 0 fully saturated rings. The van der Waals surface area contributed by atoms with E-state index in [1.54, 1.807) is 37.4 Å². The summed E-state index contributed by atoms with van der Waals surface area (Å²) in [6.07, 6.45) is 1.09. The molecule has 1 aromatic carbocycles. The molecule has 1 aromatic heterocycles. The molecule has 0 spiro atoms. The predicted molar refractivity (Wildman–Crippen MR) is 72.1 cm³/mol. The lowest BCUT2D eigenvalue weighted by atomic mass is 10.2. The lowest BCUT2D eigenvalue weighted by Crippen LogP contribution is -1.92. The minimum Gasteiger partial charge on any atom is -0.389 e. The number of rotatable bonds is 4. The molecule has 1 heterocycles. The summed E-state index contributed by atoms with van der Waals surface area (Å²) >= 11 is 1.39. The summed E-state index contributed by atoms with van der Waals surface area (Å²) < 4.78 is 0. The second-order valence-electron chi connectivity index (χ2n) is 3.96. The normalized spacial score (nSPS) is 12.1. The van der Waals surface area contributed by atoms with Gasteiger partial charge in [-0.1, -0.05) is 11.8 Å². The zero-order chi connectivity index (χ0) is 13.8. The van der Waals surface area contributed by atoms with Crippen molar-refractivity contribution in [3.05, 3.63) is 58.3 Å². The molecule has 0 radical (unpaired) electrons. The number of hydrogen-bond acceptors (Lipinski definition) is 5. The number of benzene rings is 1. The van der Waals surface area contributed by atoms with Crippen LogP contribution in [0.25, 0.3) is 0 Å². The lowest BCUT2D eigenvalue weighted by molar-refractivity contribution is -0.384. The summed E-state index contributed by atoms with van der Waals surface area (Å²) in [4.78, 5) is 15.2. The third-order valence-corrected chi connectivity index (χ3v) is 3.45. The fraction of sp³-hybridized carbons (Fsp3) is 0.154. The molecule has 5 nitrogen and oxygen atoms in total. The molecule has 0 aliphatic rings. The molecular formula is C13H12N2O3S. The van der Waals surface area contributed by atoms with Crippen molar-refractivity contribution < 1.29 is 10.0 Å². The van der Waals surface area contributed by atoms with Crippen LogP contribution in [0.4, 0.5) is 5.69 Å². The number of aliphatic hydroxyl groups excluding tert-OH is 1. The first kappa shape index (κ1) is 13.5. The van der Waals surface area contributed by atoms with Gasteiger partial charge in [-0.3, -0.25) is 10.1 Å². The maximum Gasteiger partial charge on any atom is 0.269 e. The van der Waals surface area contributed by atoms with Crippen LogP contribution in [-0.4, -0.2) is 15.0 Å². The number of nitro benzene ring substituents is 1. The third kappa shape index (κ3) is 3.52. The van der Waals surface area contributed by atoms with Gasteiger partial charge >= 0.3 is 0 Å². The van der Waals surface area contributed by atoms with Crippen LogP contribution < -0.4 is 0 Å². The summed E-state index contributed by atoms with van der Waals surface area (Å²) in [5.41, 5.74) is 0.856. The number of hydrogen-bond donors (Lipinski definition) is 1. The van der Waals surface area contributed by atoms with E-state index in [2.05, 4.69) is 4.98 Å². The minimum absolute atomic E-state index is 0.0649. The van der Waals surface area contributed by atoms with Gasteiger partial charge in [0.15, 0.2) is 0 Å². The molecule has 1 N–H and O–H groups in total. The third-order valence-electron chi connectivity index (χ3n) is 2.51. The first-order valence-corrected chi connectivity index (χ1v) is 6.44. The molecule has 0 aliphatic heterocycles. The largest absolute Gasteiger partial charge is 0.389 e. The van der Waals surface area contributed by atoms with Gasteiger partial charge in [0.2, 0.25) is 0 Å². The fourth-order valence-electron chi connectivity index (χ4n) is 1.50. The molecule has 0 bridgehead atoms. The van der Waals surface area contributed by atoms with Gasteiger partial charge in [-0.2, -0.15) is 0 Å². The van der Waals surface area contributed by atoms with Gasteiger partial charge in [-0.05, 0) is 36.8 Å². The zero-order valence-corrected chi connectivity index (χ0v) is 11.0. The quantitative estimate of drug-likeness (QED) is 0.685. The van der Waals surface area contributed by atoms with Crippen LogP contribution in [0.3, 0.4) is 0 Å². The highest BCUT2D eigenvalue weighted by Crippen LogP contribution is 2.28. The Morgan fingerprint density at radius 2 is 2.00 bits per heavy atom. The van der Waals surface area contributed by atoms with E-state index in [4.69, 9.17) is 0 Å². The smallest absolute Gasteiger partial charge is 0.269 e. The topological polar surface area (TPSA) is 76.3 Å². The second-order valence-corrected chi connectivity index (χ2v) is 5.05. The standard InChI is InChI=1S/C13H12N2O3S/c1-9(16)10-6-7-14-13(8-10)19-12-4-2-11(3-5-12)15(17)18/h2-9,16H,1H3. The van der Waals surface area contributed by atoms with Crippen molar-refractivity contribution in [2.45, 2.75) is 22.9 Å². The van der Waals surface area contributed by atoms with Gasteiger partial charge in [0.05, 0.1) is 11.0 Å². The van der Waals surface area contributed by atoms with Crippen molar-refractivity contribution >= 4 is 17.4 Å². The van der Waals surface area contributed by atoms with Gasteiger partial charge in [0.25, 0.3) is 5.69 Å². The molecule has 19 heavy (non-hydrogen) atoms. The van der Waals surface area contributed by atoms with Gasteiger partial charge in [-0.15, -0.1) is 0 Å². The van der Waals surface area contributed by atoms with E-state index < -0.39 is 11.0 Å². The maximum atomic E-state index is 10.5. The average Bonchev–Trinajstić information content (AvgIpc) is 2.39. The van der Waals surface area contributed by atoms with Crippen LogP contribution in [-0.2, 0) is 0 Å². The minimum atomic E-state index is -0.542. The molecular weight excluding hydrogens is 264 g/mol. The van der Waals surface area contributed by atoms with Gasteiger partial charge in [0, 0.05) is 23.2 Å². The van der Waals surface area contributed by atoms with Crippen molar-refractivity contribution in [1.82, 2.24) is 4.98 Å². The average molecular weight is 276 g/mol. The summed E-state index contributed by atoms with van der Waals surface area (Å²) in [6.45, 7) is 1.69. The monoisotopic (exact) mass is 276 g/mol. The molecule has 0 saturated carbocycles. The first-order valence-electron chi connectivity index (χ1n) is 5.62. The van der Waals surface area contributed by atoms with Gasteiger partial charge in [0.1, 0.15) is 5.03 Å².